The second-order valence-electron chi connectivity index (χ2n) is 2.50. The summed E-state index contributed by atoms with van der Waals surface area (Å²) in [4.78, 5) is 0. The zero-order valence-corrected chi connectivity index (χ0v) is 7.96. The Bertz CT molecular complexity index is 299. The third kappa shape index (κ3) is 3.50. The first-order valence-electron chi connectivity index (χ1n) is 4.22. The number of terminal acetylenes is 2. The lowest BCUT2D eigenvalue weighted by Gasteiger charge is -2.02. The van der Waals surface area contributed by atoms with Crippen molar-refractivity contribution >= 4 is 0 Å². The van der Waals surface area contributed by atoms with Crippen LogP contribution in [-0.4, -0.2) is 0 Å². The normalized spacial score (nSPS) is 7.85. The van der Waals surface area contributed by atoms with Crippen molar-refractivity contribution in [1.82, 2.24) is 0 Å². The smallest absolute Gasteiger partial charge is 0.0340 e. The second-order valence-corrected chi connectivity index (χ2v) is 2.50. The summed E-state index contributed by atoms with van der Waals surface area (Å²) in [6, 6.07) is 8.32. The first-order valence-corrected chi connectivity index (χ1v) is 4.22. The SMILES string of the molecule is C#C.C#CCc1ccccc1CC. The molecule has 0 saturated heterocycles. The molecular formula is C13H14. The van der Waals surface area contributed by atoms with Crippen molar-refractivity contribution < 1.29 is 0 Å². The maximum Gasteiger partial charge on any atom is 0.0340 e. The summed E-state index contributed by atoms with van der Waals surface area (Å²) >= 11 is 0. The fourth-order valence-corrected chi connectivity index (χ4v) is 1.18. The molecule has 0 N–H and O–H groups in total. The fourth-order valence-electron chi connectivity index (χ4n) is 1.18. The molecule has 0 aromatic heterocycles. The van der Waals surface area contributed by atoms with Crippen LogP contribution in [0.1, 0.15) is 18.1 Å². The first-order chi connectivity index (χ1) is 6.38. The van der Waals surface area contributed by atoms with Gasteiger partial charge in [0.15, 0.2) is 0 Å². The van der Waals surface area contributed by atoms with Crippen molar-refractivity contribution in [2.24, 2.45) is 0 Å². The molecule has 0 unspecified atom stereocenters. The number of benzene rings is 1. The summed E-state index contributed by atoms with van der Waals surface area (Å²) in [5.74, 6) is 2.66. The molecule has 0 saturated carbocycles. The van der Waals surface area contributed by atoms with E-state index in [0.717, 1.165) is 12.8 Å². The molecule has 1 rings (SSSR count). The zero-order chi connectivity index (χ0) is 10.1. The lowest BCUT2D eigenvalue weighted by Crippen LogP contribution is -1.89. The van der Waals surface area contributed by atoms with E-state index in [-0.39, 0.29) is 0 Å². The Balaban J connectivity index is 0.000000671. The Morgan fingerprint density at radius 3 is 2.15 bits per heavy atom. The summed E-state index contributed by atoms with van der Waals surface area (Å²) in [5.41, 5.74) is 2.66. The standard InChI is InChI=1S/C11H12.C2H2/c1-3-7-11-9-6-5-8-10(11)4-2;1-2/h1,5-6,8-9H,4,7H2,2H3;1-2H. The van der Waals surface area contributed by atoms with E-state index in [9.17, 15) is 0 Å². The van der Waals surface area contributed by atoms with Gasteiger partial charge in [0, 0.05) is 6.42 Å². The largest absolute Gasteiger partial charge is 0.124 e. The molecule has 0 heterocycles. The molecule has 0 atom stereocenters. The minimum absolute atomic E-state index is 0.754. The van der Waals surface area contributed by atoms with Crippen LogP contribution in [0.4, 0.5) is 0 Å². The predicted molar refractivity (Wildman–Crippen MR) is 58.2 cm³/mol. The maximum atomic E-state index is 5.23. The van der Waals surface area contributed by atoms with Gasteiger partial charge in [-0.05, 0) is 17.5 Å². The molecule has 0 radical (unpaired) electrons. The highest BCUT2D eigenvalue weighted by atomic mass is 14.0. The molecule has 0 spiro atoms. The van der Waals surface area contributed by atoms with Crippen LogP contribution in [-0.2, 0) is 12.8 Å². The summed E-state index contributed by atoms with van der Waals surface area (Å²) < 4.78 is 0. The zero-order valence-electron chi connectivity index (χ0n) is 7.96. The molecule has 1 aromatic carbocycles. The van der Waals surface area contributed by atoms with Crippen molar-refractivity contribution in [2.75, 3.05) is 0 Å². The molecule has 0 fully saturated rings. The van der Waals surface area contributed by atoms with Crippen LogP contribution in [0.25, 0.3) is 0 Å². The quantitative estimate of drug-likeness (QED) is 0.599. The van der Waals surface area contributed by atoms with Crippen LogP contribution < -0.4 is 0 Å². The molecule has 13 heavy (non-hydrogen) atoms. The van der Waals surface area contributed by atoms with Gasteiger partial charge in [-0.1, -0.05) is 31.2 Å². The van der Waals surface area contributed by atoms with Gasteiger partial charge in [-0.25, -0.2) is 0 Å². The lowest BCUT2D eigenvalue weighted by molar-refractivity contribution is 1.09. The van der Waals surface area contributed by atoms with E-state index in [1.165, 1.54) is 11.1 Å². The molecule has 0 aliphatic heterocycles. The summed E-state index contributed by atoms with van der Waals surface area (Å²) in [6.07, 6.45) is 15.1. The van der Waals surface area contributed by atoms with Gasteiger partial charge in [-0.2, -0.15) is 0 Å². The third-order valence-corrected chi connectivity index (χ3v) is 1.79. The van der Waals surface area contributed by atoms with Crippen LogP contribution in [0, 0.1) is 25.2 Å². The number of hydrogen-bond donors (Lipinski definition) is 0. The van der Waals surface area contributed by atoms with Crippen LogP contribution in [0.3, 0.4) is 0 Å². The lowest BCUT2D eigenvalue weighted by atomic mass is 10.0. The average molecular weight is 170 g/mol. The van der Waals surface area contributed by atoms with Crippen molar-refractivity contribution in [1.29, 1.82) is 0 Å². The molecule has 1 aromatic rings. The van der Waals surface area contributed by atoms with Gasteiger partial charge in [0.1, 0.15) is 0 Å². The van der Waals surface area contributed by atoms with Gasteiger partial charge in [0.2, 0.25) is 0 Å². The minimum atomic E-state index is 0.754. The monoisotopic (exact) mass is 170 g/mol. The number of hydrogen-bond acceptors (Lipinski definition) is 0. The number of rotatable bonds is 2. The highest BCUT2D eigenvalue weighted by Crippen LogP contribution is 2.08. The summed E-state index contributed by atoms with van der Waals surface area (Å²) in [6.45, 7) is 2.15. The van der Waals surface area contributed by atoms with Crippen molar-refractivity contribution in [3.8, 4) is 25.2 Å². The summed E-state index contributed by atoms with van der Waals surface area (Å²) in [5, 5.41) is 0. The van der Waals surface area contributed by atoms with E-state index in [0.29, 0.717) is 0 Å². The second kappa shape index (κ2) is 7.01. The minimum Gasteiger partial charge on any atom is -0.124 e. The molecule has 0 aliphatic carbocycles. The average Bonchev–Trinajstić information content (AvgIpc) is 2.22. The third-order valence-electron chi connectivity index (χ3n) is 1.79. The molecule has 66 valence electrons. The van der Waals surface area contributed by atoms with E-state index in [1.54, 1.807) is 0 Å². The molecule has 0 bridgehead atoms. The number of aryl methyl sites for hydroxylation is 1. The Labute approximate surface area is 81.0 Å². The van der Waals surface area contributed by atoms with Crippen LogP contribution in [0.15, 0.2) is 24.3 Å². The topological polar surface area (TPSA) is 0 Å². The van der Waals surface area contributed by atoms with E-state index in [4.69, 9.17) is 6.42 Å². The Kier molecular flexibility index (Phi) is 6.12. The van der Waals surface area contributed by atoms with E-state index < -0.39 is 0 Å². The van der Waals surface area contributed by atoms with E-state index in [2.05, 4.69) is 43.9 Å². The van der Waals surface area contributed by atoms with E-state index >= 15 is 0 Å². The Morgan fingerprint density at radius 2 is 1.69 bits per heavy atom. The molecule has 0 heteroatoms. The van der Waals surface area contributed by atoms with Gasteiger partial charge in [0.25, 0.3) is 0 Å². The molecule has 0 nitrogen and oxygen atoms in total. The highest BCUT2D eigenvalue weighted by molar-refractivity contribution is 5.29. The first kappa shape index (κ1) is 11.3. The Hall–Kier alpha value is -1.66. The summed E-state index contributed by atoms with van der Waals surface area (Å²) in [7, 11) is 0. The molecule has 0 amide bonds. The van der Waals surface area contributed by atoms with Crippen molar-refractivity contribution in [3.05, 3.63) is 35.4 Å². The van der Waals surface area contributed by atoms with Crippen LogP contribution in [0.5, 0.6) is 0 Å². The van der Waals surface area contributed by atoms with Gasteiger partial charge >= 0.3 is 0 Å². The van der Waals surface area contributed by atoms with Crippen LogP contribution >= 0.6 is 0 Å². The van der Waals surface area contributed by atoms with Gasteiger partial charge in [-0.3, -0.25) is 0 Å². The van der Waals surface area contributed by atoms with Crippen molar-refractivity contribution in [3.63, 3.8) is 0 Å². The van der Waals surface area contributed by atoms with Gasteiger partial charge in [-0.15, -0.1) is 25.2 Å². The predicted octanol–water partition coefficient (Wildman–Crippen LogP) is 2.67. The highest BCUT2D eigenvalue weighted by Gasteiger charge is 1.95. The maximum absolute atomic E-state index is 5.23. The van der Waals surface area contributed by atoms with Crippen molar-refractivity contribution in [2.45, 2.75) is 19.8 Å². The van der Waals surface area contributed by atoms with Crippen LogP contribution in [0.2, 0.25) is 0 Å². The Morgan fingerprint density at radius 1 is 1.15 bits per heavy atom. The van der Waals surface area contributed by atoms with Gasteiger partial charge < -0.3 is 0 Å². The molecular weight excluding hydrogens is 156 g/mol. The van der Waals surface area contributed by atoms with Gasteiger partial charge in [0.05, 0.1) is 0 Å². The molecule has 0 aliphatic rings. The van der Waals surface area contributed by atoms with E-state index in [1.807, 2.05) is 6.07 Å². The fraction of sp³-hybridized carbons (Fsp3) is 0.231.